The molecule has 0 unspecified atom stereocenters. The van der Waals surface area contributed by atoms with Gasteiger partial charge in [0.2, 0.25) is 5.95 Å². The van der Waals surface area contributed by atoms with Gasteiger partial charge in [0, 0.05) is 18.5 Å². The van der Waals surface area contributed by atoms with E-state index >= 15 is 0 Å². The third kappa shape index (κ3) is 1.81. The predicted octanol–water partition coefficient (Wildman–Crippen LogP) is -0.953. The number of amides is 1. The number of primary amides is 1. The SMILES string of the molecule is NNc1nccc(-n2cc(C(N)=O)cn2)n1. The molecule has 2 aromatic heterocycles. The topological polar surface area (TPSA) is 125 Å². The van der Waals surface area contributed by atoms with Gasteiger partial charge in [-0.15, -0.1) is 0 Å². The third-order valence-electron chi connectivity index (χ3n) is 1.87. The number of hydrazine groups is 1. The Balaban J connectivity index is 2.38. The summed E-state index contributed by atoms with van der Waals surface area (Å²) < 4.78 is 1.41. The second kappa shape index (κ2) is 3.95. The zero-order valence-corrected chi connectivity index (χ0v) is 8.16. The second-order valence-electron chi connectivity index (χ2n) is 2.92. The zero-order valence-electron chi connectivity index (χ0n) is 8.16. The minimum Gasteiger partial charge on any atom is -0.366 e. The number of anilines is 1. The van der Waals surface area contributed by atoms with Gasteiger partial charge in [-0.2, -0.15) is 10.1 Å². The van der Waals surface area contributed by atoms with Crippen LogP contribution in [0.1, 0.15) is 10.4 Å². The number of nitrogen functional groups attached to an aromatic ring is 1. The summed E-state index contributed by atoms with van der Waals surface area (Å²) in [6.07, 6.45) is 4.36. The molecular formula is C8H9N7O. The summed E-state index contributed by atoms with van der Waals surface area (Å²) in [6, 6.07) is 1.62. The highest BCUT2D eigenvalue weighted by Crippen LogP contribution is 2.06. The van der Waals surface area contributed by atoms with E-state index in [1.165, 1.54) is 23.3 Å². The summed E-state index contributed by atoms with van der Waals surface area (Å²) in [6.45, 7) is 0. The third-order valence-corrected chi connectivity index (χ3v) is 1.87. The fraction of sp³-hybridized carbons (Fsp3) is 0. The van der Waals surface area contributed by atoms with Gasteiger partial charge in [0.1, 0.15) is 0 Å². The van der Waals surface area contributed by atoms with Crippen molar-refractivity contribution < 1.29 is 4.79 Å². The molecule has 0 aliphatic rings. The molecule has 0 bridgehead atoms. The minimum absolute atomic E-state index is 0.258. The van der Waals surface area contributed by atoms with Crippen molar-refractivity contribution in [1.82, 2.24) is 19.7 Å². The Morgan fingerprint density at radius 2 is 2.31 bits per heavy atom. The molecule has 82 valence electrons. The standard InChI is InChI=1S/C8H9N7O/c9-7(16)5-3-12-15(4-5)6-1-2-11-8(13-6)14-10/h1-4H,10H2,(H2,9,16)(H,11,13,14). The number of hydrogen-bond acceptors (Lipinski definition) is 6. The lowest BCUT2D eigenvalue weighted by Gasteiger charge is -2.01. The van der Waals surface area contributed by atoms with E-state index in [1.54, 1.807) is 6.07 Å². The number of aromatic nitrogens is 4. The largest absolute Gasteiger partial charge is 0.366 e. The molecule has 5 N–H and O–H groups in total. The average molecular weight is 219 g/mol. The number of hydrogen-bond donors (Lipinski definition) is 3. The first kappa shape index (κ1) is 10.1. The summed E-state index contributed by atoms with van der Waals surface area (Å²) in [5.41, 5.74) is 7.72. The van der Waals surface area contributed by atoms with Crippen molar-refractivity contribution in [3.8, 4) is 5.82 Å². The molecule has 8 heteroatoms. The van der Waals surface area contributed by atoms with Crippen LogP contribution in [0.25, 0.3) is 5.82 Å². The first-order chi connectivity index (χ1) is 7.70. The van der Waals surface area contributed by atoms with Crippen LogP contribution in [0.2, 0.25) is 0 Å². The van der Waals surface area contributed by atoms with E-state index in [9.17, 15) is 4.79 Å². The van der Waals surface area contributed by atoms with Gasteiger partial charge in [-0.1, -0.05) is 0 Å². The Morgan fingerprint density at radius 1 is 1.50 bits per heavy atom. The molecule has 0 fully saturated rings. The van der Waals surface area contributed by atoms with E-state index in [0.29, 0.717) is 11.4 Å². The first-order valence-corrected chi connectivity index (χ1v) is 4.35. The van der Waals surface area contributed by atoms with Crippen LogP contribution in [0.5, 0.6) is 0 Å². The highest BCUT2D eigenvalue weighted by Gasteiger charge is 2.06. The van der Waals surface area contributed by atoms with E-state index in [1.807, 2.05) is 0 Å². The van der Waals surface area contributed by atoms with E-state index < -0.39 is 5.91 Å². The number of nitrogens with zero attached hydrogens (tertiary/aromatic N) is 4. The van der Waals surface area contributed by atoms with Crippen LogP contribution in [0.3, 0.4) is 0 Å². The summed E-state index contributed by atoms with van der Waals surface area (Å²) in [7, 11) is 0. The van der Waals surface area contributed by atoms with Crippen molar-refractivity contribution in [1.29, 1.82) is 0 Å². The summed E-state index contributed by atoms with van der Waals surface area (Å²) in [5.74, 6) is 5.37. The Kier molecular flexibility index (Phi) is 2.48. The first-order valence-electron chi connectivity index (χ1n) is 4.35. The van der Waals surface area contributed by atoms with Crippen LogP contribution in [0, 0.1) is 0 Å². The van der Waals surface area contributed by atoms with Crippen LogP contribution in [-0.4, -0.2) is 25.7 Å². The molecule has 2 heterocycles. The number of rotatable bonds is 3. The molecule has 0 saturated carbocycles. The molecule has 0 aliphatic heterocycles. The zero-order chi connectivity index (χ0) is 11.5. The highest BCUT2D eigenvalue weighted by molar-refractivity contribution is 5.92. The number of nitrogens with one attached hydrogen (secondary N) is 1. The molecule has 1 amide bonds. The van der Waals surface area contributed by atoms with Crippen LogP contribution < -0.4 is 17.0 Å². The van der Waals surface area contributed by atoms with Crippen LogP contribution in [0.4, 0.5) is 5.95 Å². The number of carbonyl (C=O) groups excluding carboxylic acids is 1. The van der Waals surface area contributed by atoms with E-state index in [4.69, 9.17) is 11.6 Å². The minimum atomic E-state index is -0.544. The van der Waals surface area contributed by atoms with Crippen molar-refractivity contribution in [2.75, 3.05) is 5.43 Å². The van der Waals surface area contributed by atoms with Crippen LogP contribution >= 0.6 is 0 Å². The fourth-order valence-electron chi connectivity index (χ4n) is 1.12. The van der Waals surface area contributed by atoms with E-state index in [-0.39, 0.29) is 5.95 Å². The van der Waals surface area contributed by atoms with Gasteiger partial charge in [-0.25, -0.2) is 15.5 Å². The van der Waals surface area contributed by atoms with Gasteiger partial charge in [-0.3, -0.25) is 10.2 Å². The molecule has 0 saturated heterocycles. The second-order valence-corrected chi connectivity index (χ2v) is 2.92. The monoisotopic (exact) mass is 219 g/mol. The van der Waals surface area contributed by atoms with Crippen LogP contribution in [0.15, 0.2) is 24.7 Å². The highest BCUT2D eigenvalue weighted by atomic mass is 16.1. The van der Waals surface area contributed by atoms with Crippen molar-refractivity contribution >= 4 is 11.9 Å². The summed E-state index contributed by atoms with van der Waals surface area (Å²) in [4.78, 5) is 18.8. The normalized spacial score (nSPS) is 10.1. The molecule has 2 aromatic rings. The lowest BCUT2D eigenvalue weighted by Crippen LogP contribution is -2.12. The lowest BCUT2D eigenvalue weighted by molar-refractivity contribution is 0.100. The maximum Gasteiger partial charge on any atom is 0.251 e. The molecular weight excluding hydrogens is 210 g/mol. The molecule has 0 atom stereocenters. The van der Waals surface area contributed by atoms with Gasteiger partial charge >= 0.3 is 0 Å². The number of nitrogens with two attached hydrogens (primary N) is 2. The molecule has 8 nitrogen and oxygen atoms in total. The van der Waals surface area contributed by atoms with E-state index in [2.05, 4.69) is 20.5 Å². The maximum absolute atomic E-state index is 10.9. The lowest BCUT2D eigenvalue weighted by atomic mass is 10.3. The Labute approximate surface area is 90.3 Å². The van der Waals surface area contributed by atoms with Gasteiger partial charge in [0.25, 0.3) is 5.91 Å². The number of carbonyl (C=O) groups is 1. The quantitative estimate of drug-likeness (QED) is 0.451. The van der Waals surface area contributed by atoms with Crippen molar-refractivity contribution in [3.63, 3.8) is 0 Å². The van der Waals surface area contributed by atoms with Crippen molar-refractivity contribution in [2.45, 2.75) is 0 Å². The van der Waals surface area contributed by atoms with Crippen molar-refractivity contribution in [2.24, 2.45) is 11.6 Å². The maximum atomic E-state index is 10.9. The van der Waals surface area contributed by atoms with Gasteiger partial charge in [-0.05, 0) is 0 Å². The average Bonchev–Trinajstić information content (AvgIpc) is 2.78. The van der Waals surface area contributed by atoms with Crippen LogP contribution in [-0.2, 0) is 0 Å². The summed E-state index contributed by atoms with van der Waals surface area (Å²) >= 11 is 0. The van der Waals surface area contributed by atoms with Gasteiger partial charge in [0.05, 0.1) is 11.8 Å². The molecule has 0 aliphatic carbocycles. The fourth-order valence-corrected chi connectivity index (χ4v) is 1.12. The predicted molar refractivity (Wildman–Crippen MR) is 55.5 cm³/mol. The molecule has 16 heavy (non-hydrogen) atoms. The smallest absolute Gasteiger partial charge is 0.251 e. The van der Waals surface area contributed by atoms with Crippen molar-refractivity contribution in [3.05, 3.63) is 30.2 Å². The molecule has 0 aromatic carbocycles. The Hall–Kier alpha value is -2.48. The molecule has 2 rings (SSSR count). The van der Waals surface area contributed by atoms with Gasteiger partial charge in [0.15, 0.2) is 5.82 Å². The summed E-state index contributed by atoms with van der Waals surface area (Å²) in [5, 5.41) is 3.94. The Bertz CT molecular complexity index is 521. The molecule has 0 spiro atoms. The van der Waals surface area contributed by atoms with Gasteiger partial charge < -0.3 is 5.73 Å². The van der Waals surface area contributed by atoms with E-state index in [0.717, 1.165) is 0 Å². The molecule has 0 radical (unpaired) electrons. The Morgan fingerprint density at radius 3 is 2.94 bits per heavy atom.